The number of esters is 2. The number of ether oxygens (including phenoxy) is 2. The summed E-state index contributed by atoms with van der Waals surface area (Å²) in [5.74, 6) is 0.324. The minimum absolute atomic E-state index is 0.0441. The maximum Gasteiger partial charge on any atom is 0.343 e. The van der Waals surface area contributed by atoms with E-state index in [4.69, 9.17) is 9.47 Å². The Morgan fingerprint density at radius 3 is 1.43 bits per heavy atom. The Morgan fingerprint density at radius 1 is 0.659 bits per heavy atom. The lowest BCUT2D eigenvalue weighted by atomic mass is 9.59. The summed E-state index contributed by atoms with van der Waals surface area (Å²) in [6.45, 7) is 15.7. The minimum atomic E-state index is -0.657. The maximum absolute atomic E-state index is 13.5. The van der Waals surface area contributed by atoms with Crippen molar-refractivity contribution in [2.45, 2.75) is 86.1 Å². The number of allylic oxidation sites excluding steroid dienone is 2. The Labute approximate surface area is 263 Å². The van der Waals surface area contributed by atoms with E-state index in [1.807, 2.05) is 53.7 Å². The predicted octanol–water partition coefficient (Wildman–Crippen LogP) is 9.81. The van der Waals surface area contributed by atoms with Crippen LogP contribution in [0.3, 0.4) is 0 Å². The van der Waals surface area contributed by atoms with Crippen molar-refractivity contribution in [2.24, 2.45) is 10.8 Å². The fourth-order valence-corrected chi connectivity index (χ4v) is 6.12. The van der Waals surface area contributed by atoms with Gasteiger partial charge in [0.25, 0.3) is 0 Å². The second kappa shape index (κ2) is 13.7. The molecule has 0 aromatic heterocycles. The Balaban J connectivity index is 1.84. The lowest BCUT2D eigenvalue weighted by Gasteiger charge is -2.46. The molecule has 232 valence electrons. The molecule has 0 amide bonds. The monoisotopic (exact) mass is 593 g/mol. The molecule has 5 nitrogen and oxygen atoms in total. The van der Waals surface area contributed by atoms with E-state index in [1.54, 1.807) is 24.3 Å². The number of carbonyl (C=O) groups is 2. The van der Waals surface area contributed by atoms with E-state index in [1.165, 1.54) is 5.56 Å². The van der Waals surface area contributed by atoms with Crippen LogP contribution < -0.4 is 0 Å². The summed E-state index contributed by atoms with van der Waals surface area (Å²) in [7, 11) is 0. The van der Waals surface area contributed by atoms with E-state index in [2.05, 4.69) is 72.7 Å². The highest BCUT2D eigenvalue weighted by atomic mass is 16.5. The van der Waals surface area contributed by atoms with Gasteiger partial charge in [0.15, 0.2) is 0 Å². The van der Waals surface area contributed by atoms with Crippen LogP contribution >= 0.6 is 0 Å². The van der Waals surface area contributed by atoms with Crippen molar-refractivity contribution in [3.8, 4) is 0 Å². The van der Waals surface area contributed by atoms with Crippen LogP contribution in [0.25, 0.3) is 0 Å². The third-order valence-corrected chi connectivity index (χ3v) is 8.98. The van der Waals surface area contributed by atoms with Crippen molar-refractivity contribution in [3.63, 3.8) is 0 Å². The molecule has 1 heterocycles. The van der Waals surface area contributed by atoms with Crippen LogP contribution in [0, 0.1) is 10.8 Å². The number of carbonyl (C=O) groups excluding carboxylic acids is 2. The third-order valence-electron chi connectivity index (χ3n) is 8.98. The van der Waals surface area contributed by atoms with Crippen LogP contribution in [0.4, 0.5) is 0 Å². The summed E-state index contributed by atoms with van der Waals surface area (Å²) in [6, 6.07) is 26.8. The van der Waals surface area contributed by atoms with Crippen LogP contribution in [-0.4, -0.2) is 16.8 Å². The Kier molecular flexibility index (Phi) is 10.2. The molecule has 44 heavy (non-hydrogen) atoms. The molecule has 1 aliphatic heterocycles. The average Bonchev–Trinajstić information content (AvgIpc) is 3.07. The van der Waals surface area contributed by atoms with Gasteiger partial charge in [-0.05, 0) is 53.6 Å². The predicted molar refractivity (Wildman–Crippen MR) is 177 cm³/mol. The van der Waals surface area contributed by atoms with Crippen LogP contribution in [-0.2, 0) is 21.4 Å². The van der Waals surface area contributed by atoms with E-state index in [0.717, 1.165) is 31.2 Å². The molecule has 0 saturated heterocycles. The van der Waals surface area contributed by atoms with Crippen molar-refractivity contribution in [1.29, 1.82) is 0 Å². The molecule has 5 heteroatoms. The van der Waals surface area contributed by atoms with Crippen molar-refractivity contribution in [1.82, 2.24) is 4.90 Å². The zero-order valence-electron chi connectivity index (χ0n) is 27.4. The standard InChI is InChI=1S/C39H47NO4/c1-8-24-38(6)33(43-35(41)30-16-12-10-13-17-30)27-40(26-29-20-22-32(23-21-29)37(3,4)5)28-34(39(38,7)25-9-2)44-36(42)31-18-14-11-15-19-31/h10-23,27-28H,8-9,24-26H2,1-7H3/t38-,39-/m1/s1. The second-order valence-electron chi connectivity index (χ2n) is 13.3. The van der Waals surface area contributed by atoms with Gasteiger partial charge in [-0.15, -0.1) is 0 Å². The van der Waals surface area contributed by atoms with E-state index >= 15 is 0 Å². The average molecular weight is 594 g/mol. The molecule has 0 radical (unpaired) electrons. The highest BCUT2D eigenvalue weighted by Gasteiger charge is 2.53. The highest BCUT2D eigenvalue weighted by Crippen LogP contribution is 2.57. The second-order valence-corrected chi connectivity index (χ2v) is 13.3. The molecule has 0 aliphatic carbocycles. The van der Waals surface area contributed by atoms with Crippen LogP contribution in [0.1, 0.15) is 106 Å². The van der Waals surface area contributed by atoms with Crippen LogP contribution in [0.5, 0.6) is 0 Å². The molecular weight excluding hydrogens is 546 g/mol. The molecule has 3 aromatic rings. The first-order chi connectivity index (χ1) is 20.9. The summed E-state index contributed by atoms with van der Waals surface area (Å²) < 4.78 is 12.7. The molecule has 3 aromatic carbocycles. The van der Waals surface area contributed by atoms with Gasteiger partial charge in [0.1, 0.15) is 11.5 Å². The molecule has 0 spiro atoms. The van der Waals surface area contributed by atoms with E-state index < -0.39 is 22.8 Å². The third kappa shape index (κ3) is 7.15. The van der Waals surface area contributed by atoms with Crippen molar-refractivity contribution in [2.75, 3.05) is 0 Å². The first-order valence-electron chi connectivity index (χ1n) is 15.8. The normalized spacial score (nSPS) is 20.3. The topological polar surface area (TPSA) is 55.8 Å². The van der Waals surface area contributed by atoms with E-state index in [9.17, 15) is 9.59 Å². The molecule has 0 saturated carbocycles. The Hall–Kier alpha value is -4.12. The van der Waals surface area contributed by atoms with Crippen LogP contribution in [0.15, 0.2) is 109 Å². The quantitative estimate of drug-likeness (QED) is 0.219. The zero-order chi connectivity index (χ0) is 32.0. The van der Waals surface area contributed by atoms with E-state index in [0.29, 0.717) is 29.2 Å². The van der Waals surface area contributed by atoms with Gasteiger partial charge in [-0.3, -0.25) is 0 Å². The van der Waals surface area contributed by atoms with Gasteiger partial charge in [-0.25, -0.2) is 9.59 Å². The first kappa shape index (κ1) is 32.8. The van der Waals surface area contributed by atoms with Gasteiger partial charge in [-0.1, -0.05) is 122 Å². The van der Waals surface area contributed by atoms with Crippen molar-refractivity contribution >= 4 is 11.9 Å². The largest absolute Gasteiger partial charge is 0.425 e. The van der Waals surface area contributed by atoms with Crippen molar-refractivity contribution < 1.29 is 19.1 Å². The summed E-state index contributed by atoms with van der Waals surface area (Å²) in [4.78, 5) is 29.1. The number of nitrogens with zero attached hydrogens (tertiary/aromatic N) is 1. The number of benzene rings is 3. The highest BCUT2D eigenvalue weighted by molar-refractivity contribution is 5.90. The summed E-state index contributed by atoms with van der Waals surface area (Å²) in [5.41, 5.74) is 2.05. The molecule has 0 N–H and O–H groups in total. The molecule has 1 aliphatic rings. The van der Waals surface area contributed by atoms with Gasteiger partial charge in [0, 0.05) is 29.8 Å². The summed E-state index contributed by atoms with van der Waals surface area (Å²) in [5, 5.41) is 0. The molecular formula is C39H47NO4. The maximum atomic E-state index is 13.5. The molecule has 0 bridgehead atoms. The molecule has 2 atom stereocenters. The first-order valence-corrected chi connectivity index (χ1v) is 15.8. The van der Waals surface area contributed by atoms with Crippen molar-refractivity contribution in [3.05, 3.63) is 131 Å². The fraction of sp³-hybridized carbons (Fsp3) is 0.385. The summed E-state index contributed by atoms with van der Waals surface area (Å²) in [6.07, 6.45) is 7.03. The van der Waals surface area contributed by atoms with E-state index in [-0.39, 0.29) is 5.41 Å². The van der Waals surface area contributed by atoms with Crippen LogP contribution in [0.2, 0.25) is 0 Å². The molecule has 4 rings (SSSR count). The smallest absolute Gasteiger partial charge is 0.343 e. The molecule has 0 unspecified atom stereocenters. The van der Waals surface area contributed by atoms with Gasteiger partial charge in [-0.2, -0.15) is 0 Å². The van der Waals surface area contributed by atoms with Gasteiger partial charge < -0.3 is 14.4 Å². The number of hydrogen-bond acceptors (Lipinski definition) is 5. The van der Waals surface area contributed by atoms with Gasteiger partial charge in [0.05, 0.1) is 11.1 Å². The Morgan fingerprint density at radius 2 is 1.07 bits per heavy atom. The lowest BCUT2D eigenvalue weighted by Crippen LogP contribution is -2.42. The fourth-order valence-electron chi connectivity index (χ4n) is 6.12. The minimum Gasteiger partial charge on any atom is -0.425 e. The Bertz CT molecular complexity index is 1400. The molecule has 0 fully saturated rings. The number of hydrogen-bond donors (Lipinski definition) is 0. The van der Waals surface area contributed by atoms with Gasteiger partial charge in [0.2, 0.25) is 0 Å². The SMILES string of the molecule is CCC[C@]1(C)C(OC(=O)c2ccccc2)=CN(Cc2ccc(C(C)(C)C)cc2)C=C(OC(=O)c2ccccc2)[C@@]1(C)CCC. The number of rotatable bonds is 10. The zero-order valence-corrected chi connectivity index (χ0v) is 27.4. The lowest BCUT2D eigenvalue weighted by molar-refractivity contribution is 0.00334. The summed E-state index contributed by atoms with van der Waals surface area (Å²) >= 11 is 0. The van der Waals surface area contributed by atoms with Gasteiger partial charge >= 0.3 is 11.9 Å².